The third-order valence-corrected chi connectivity index (χ3v) is 6.12. The van der Waals surface area contributed by atoms with Crippen molar-refractivity contribution >= 4 is 22.9 Å². The van der Waals surface area contributed by atoms with Crippen molar-refractivity contribution in [1.29, 1.82) is 0 Å². The summed E-state index contributed by atoms with van der Waals surface area (Å²) in [6, 6.07) is 13.9. The van der Waals surface area contributed by atoms with Gasteiger partial charge in [-0.25, -0.2) is 9.07 Å². The number of thiophene rings is 1. The summed E-state index contributed by atoms with van der Waals surface area (Å²) in [5.74, 6) is -0.175. The van der Waals surface area contributed by atoms with Gasteiger partial charge in [-0.15, -0.1) is 11.3 Å². The molecule has 1 amide bonds. The summed E-state index contributed by atoms with van der Waals surface area (Å²) < 4.78 is 15.4. The van der Waals surface area contributed by atoms with E-state index in [4.69, 9.17) is 0 Å². The van der Waals surface area contributed by atoms with Crippen molar-refractivity contribution in [2.45, 2.75) is 19.4 Å². The molecule has 4 rings (SSSR count). The van der Waals surface area contributed by atoms with E-state index in [2.05, 4.69) is 5.10 Å². The van der Waals surface area contributed by atoms with Gasteiger partial charge in [-0.3, -0.25) is 9.59 Å². The Labute approximate surface area is 178 Å². The van der Waals surface area contributed by atoms with Crippen molar-refractivity contribution < 1.29 is 9.18 Å². The Hall–Kier alpha value is -3.00. The lowest BCUT2D eigenvalue weighted by molar-refractivity contribution is -0.131. The van der Waals surface area contributed by atoms with Crippen molar-refractivity contribution in [3.63, 3.8) is 0 Å². The number of halogens is 1. The molecular formula is C22H23FN4O2S. The van der Waals surface area contributed by atoms with E-state index in [-0.39, 0.29) is 17.3 Å². The number of aryl methyl sites for hydroxylation is 1. The Morgan fingerprint density at radius 2 is 1.83 bits per heavy atom. The summed E-state index contributed by atoms with van der Waals surface area (Å²) in [5.41, 5.74) is 1.18. The van der Waals surface area contributed by atoms with E-state index in [1.54, 1.807) is 29.5 Å². The van der Waals surface area contributed by atoms with Gasteiger partial charge in [0, 0.05) is 45.2 Å². The van der Waals surface area contributed by atoms with Crippen LogP contribution in [0, 0.1) is 5.82 Å². The summed E-state index contributed by atoms with van der Waals surface area (Å²) in [6.07, 6.45) is 0.907. The molecule has 0 saturated carbocycles. The average molecular weight is 427 g/mol. The maximum Gasteiger partial charge on any atom is 0.266 e. The van der Waals surface area contributed by atoms with Crippen LogP contribution in [0.5, 0.6) is 0 Å². The van der Waals surface area contributed by atoms with Crippen LogP contribution in [0.4, 0.5) is 10.1 Å². The molecule has 0 bridgehead atoms. The summed E-state index contributed by atoms with van der Waals surface area (Å²) in [4.78, 5) is 29.4. The van der Waals surface area contributed by atoms with Crippen molar-refractivity contribution in [1.82, 2.24) is 14.7 Å². The fraction of sp³-hybridized carbons (Fsp3) is 0.318. The third kappa shape index (κ3) is 4.59. The summed E-state index contributed by atoms with van der Waals surface area (Å²) in [6.45, 7) is 2.75. The molecule has 0 spiro atoms. The van der Waals surface area contributed by atoms with Crippen molar-refractivity contribution in [2.24, 2.45) is 0 Å². The van der Waals surface area contributed by atoms with Crippen LogP contribution in [-0.4, -0.2) is 46.8 Å². The van der Waals surface area contributed by atoms with Crippen LogP contribution in [-0.2, 0) is 11.3 Å². The minimum absolute atomic E-state index is 0.0608. The second kappa shape index (κ2) is 9.21. The van der Waals surface area contributed by atoms with Crippen LogP contribution in [0.2, 0.25) is 0 Å². The molecule has 30 heavy (non-hydrogen) atoms. The molecule has 6 nitrogen and oxygen atoms in total. The summed E-state index contributed by atoms with van der Waals surface area (Å²) in [5, 5.41) is 6.39. The van der Waals surface area contributed by atoms with E-state index in [0.717, 1.165) is 10.6 Å². The summed E-state index contributed by atoms with van der Waals surface area (Å²) in [7, 11) is 0. The van der Waals surface area contributed by atoms with Crippen LogP contribution < -0.4 is 10.5 Å². The van der Waals surface area contributed by atoms with Gasteiger partial charge in [0.15, 0.2) is 0 Å². The highest BCUT2D eigenvalue weighted by Gasteiger charge is 2.22. The number of hydrogen-bond acceptors (Lipinski definition) is 5. The van der Waals surface area contributed by atoms with Gasteiger partial charge in [0.2, 0.25) is 5.91 Å². The van der Waals surface area contributed by atoms with E-state index in [0.29, 0.717) is 51.3 Å². The average Bonchev–Trinajstić information content (AvgIpc) is 3.30. The first-order chi connectivity index (χ1) is 14.6. The lowest BCUT2D eigenvalue weighted by atomic mass is 10.2. The number of benzene rings is 1. The number of amides is 1. The summed E-state index contributed by atoms with van der Waals surface area (Å²) >= 11 is 1.57. The largest absolute Gasteiger partial charge is 0.366 e. The number of rotatable bonds is 6. The predicted molar refractivity (Wildman–Crippen MR) is 116 cm³/mol. The SMILES string of the molecule is O=C(CCCn1nc(-c2cccs2)ccc1=O)N1CCN(c2ccccc2F)CC1. The van der Waals surface area contributed by atoms with Crippen LogP contribution in [0.25, 0.3) is 10.6 Å². The van der Waals surface area contributed by atoms with E-state index in [9.17, 15) is 14.0 Å². The highest BCUT2D eigenvalue weighted by Crippen LogP contribution is 2.22. The minimum Gasteiger partial charge on any atom is -0.366 e. The molecule has 0 radical (unpaired) electrons. The quantitative estimate of drug-likeness (QED) is 0.607. The van der Waals surface area contributed by atoms with Crippen molar-refractivity contribution in [3.8, 4) is 10.6 Å². The van der Waals surface area contributed by atoms with Crippen LogP contribution in [0.15, 0.2) is 58.7 Å². The molecule has 0 unspecified atom stereocenters. The Bertz CT molecular complexity index is 1060. The number of nitrogens with zero attached hydrogens (tertiary/aromatic N) is 4. The lowest BCUT2D eigenvalue weighted by Crippen LogP contribution is -2.49. The molecule has 0 N–H and O–H groups in total. The highest BCUT2D eigenvalue weighted by molar-refractivity contribution is 7.13. The molecule has 1 aliphatic heterocycles. The molecule has 0 atom stereocenters. The molecule has 1 saturated heterocycles. The Morgan fingerprint density at radius 3 is 2.57 bits per heavy atom. The zero-order valence-corrected chi connectivity index (χ0v) is 17.4. The molecule has 3 aromatic rings. The van der Waals surface area contributed by atoms with E-state index >= 15 is 0 Å². The van der Waals surface area contributed by atoms with E-state index in [1.165, 1.54) is 16.8 Å². The molecule has 1 fully saturated rings. The zero-order chi connectivity index (χ0) is 20.9. The molecule has 0 aliphatic carbocycles. The topological polar surface area (TPSA) is 58.4 Å². The number of hydrogen-bond donors (Lipinski definition) is 0. The third-order valence-electron chi connectivity index (χ3n) is 5.23. The number of para-hydroxylation sites is 1. The monoisotopic (exact) mass is 426 g/mol. The fourth-order valence-electron chi connectivity index (χ4n) is 3.61. The first-order valence-electron chi connectivity index (χ1n) is 10.0. The Kier molecular flexibility index (Phi) is 6.23. The maximum absolute atomic E-state index is 14.0. The Balaban J connectivity index is 1.28. The minimum atomic E-state index is -0.236. The first kappa shape index (κ1) is 20.3. The highest BCUT2D eigenvalue weighted by atomic mass is 32.1. The predicted octanol–water partition coefficient (Wildman–Crippen LogP) is 3.24. The normalized spacial score (nSPS) is 14.2. The molecule has 1 aromatic carbocycles. The number of carbonyl (C=O) groups excluding carboxylic acids is 1. The van der Waals surface area contributed by atoms with Crippen molar-refractivity contribution in [3.05, 3.63) is 70.1 Å². The molecule has 2 aromatic heterocycles. The molecule has 8 heteroatoms. The van der Waals surface area contributed by atoms with Gasteiger partial charge < -0.3 is 9.80 Å². The molecule has 1 aliphatic rings. The van der Waals surface area contributed by atoms with E-state index in [1.807, 2.05) is 33.4 Å². The van der Waals surface area contributed by atoms with Gasteiger partial charge in [0.25, 0.3) is 5.56 Å². The van der Waals surface area contributed by atoms with Gasteiger partial charge in [-0.2, -0.15) is 5.10 Å². The standard InChI is InChI=1S/C22H23FN4O2S/c23-17-5-1-2-6-19(17)25-12-14-26(15-13-25)21(28)8-3-11-27-22(29)10-9-18(24-27)20-7-4-16-30-20/h1-2,4-7,9-10,16H,3,8,11-15H2. The van der Waals surface area contributed by atoms with Gasteiger partial charge in [-0.05, 0) is 36.1 Å². The first-order valence-corrected chi connectivity index (χ1v) is 10.9. The zero-order valence-electron chi connectivity index (χ0n) is 16.5. The van der Waals surface area contributed by atoms with E-state index < -0.39 is 0 Å². The van der Waals surface area contributed by atoms with Crippen molar-refractivity contribution in [2.75, 3.05) is 31.1 Å². The van der Waals surface area contributed by atoms with Crippen LogP contribution in [0.3, 0.4) is 0 Å². The fourth-order valence-corrected chi connectivity index (χ4v) is 4.30. The van der Waals surface area contributed by atoms with Crippen LogP contribution in [0.1, 0.15) is 12.8 Å². The molecule has 156 valence electrons. The number of piperazine rings is 1. The second-order valence-electron chi connectivity index (χ2n) is 7.18. The lowest BCUT2D eigenvalue weighted by Gasteiger charge is -2.36. The Morgan fingerprint density at radius 1 is 1.03 bits per heavy atom. The van der Waals surface area contributed by atoms with Crippen LogP contribution >= 0.6 is 11.3 Å². The van der Waals surface area contributed by atoms with Gasteiger partial charge in [0.1, 0.15) is 11.5 Å². The smallest absolute Gasteiger partial charge is 0.266 e. The number of carbonyl (C=O) groups is 1. The maximum atomic E-state index is 14.0. The second-order valence-corrected chi connectivity index (χ2v) is 8.13. The van der Waals surface area contributed by atoms with Gasteiger partial charge >= 0.3 is 0 Å². The number of anilines is 1. The molecule has 3 heterocycles. The van der Waals surface area contributed by atoms with Gasteiger partial charge in [0.05, 0.1) is 10.6 Å². The van der Waals surface area contributed by atoms with Gasteiger partial charge in [-0.1, -0.05) is 18.2 Å². The molecular weight excluding hydrogens is 403 g/mol. The number of aromatic nitrogens is 2.